The number of fused-ring (bicyclic) bond motifs is 2. The lowest BCUT2D eigenvalue weighted by atomic mass is 10.0. The van der Waals surface area contributed by atoms with E-state index in [0.717, 1.165) is 72.0 Å². The lowest BCUT2D eigenvalue weighted by molar-refractivity contribution is 0.261. The monoisotopic (exact) mass is 443 g/mol. The van der Waals surface area contributed by atoms with Gasteiger partial charge in [-0.15, -0.1) is 0 Å². The molecule has 0 amide bonds. The van der Waals surface area contributed by atoms with Gasteiger partial charge in [-0.3, -0.25) is 4.90 Å². The van der Waals surface area contributed by atoms with Gasteiger partial charge in [0.25, 0.3) is 0 Å². The van der Waals surface area contributed by atoms with E-state index in [1.165, 1.54) is 16.7 Å². The SMILES string of the molecule is COc1cc2c(cc1OC)CN(Cc1ccc(OC)c3oc(-c4ccccc4)cc13)CCC2. The second-order valence-electron chi connectivity index (χ2n) is 8.44. The van der Waals surface area contributed by atoms with Crippen molar-refractivity contribution >= 4 is 11.0 Å². The Labute approximate surface area is 194 Å². The highest BCUT2D eigenvalue weighted by molar-refractivity contribution is 5.90. The molecule has 5 heteroatoms. The van der Waals surface area contributed by atoms with Crippen molar-refractivity contribution in [2.75, 3.05) is 27.9 Å². The molecule has 0 radical (unpaired) electrons. The Morgan fingerprint density at radius 1 is 0.818 bits per heavy atom. The third-order valence-corrected chi connectivity index (χ3v) is 6.43. The maximum absolute atomic E-state index is 6.27. The van der Waals surface area contributed by atoms with Crippen LogP contribution in [0, 0.1) is 0 Å². The molecule has 0 atom stereocenters. The number of furan rings is 1. The predicted molar refractivity (Wildman–Crippen MR) is 130 cm³/mol. The van der Waals surface area contributed by atoms with Crippen molar-refractivity contribution in [3.8, 4) is 28.6 Å². The van der Waals surface area contributed by atoms with Crippen LogP contribution in [0.25, 0.3) is 22.3 Å². The van der Waals surface area contributed by atoms with E-state index in [0.29, 0.717) is 0 Å². The van der Waals surface area contributed by atoms with Gasteiger partial charge in [-0.2, -0.15) is 0 Å². The zero-order valence-corrected chi connectivity index (χ0v) is 19.4. The molecule has 0 aliphatic carbocycles. The average Bonchev–Trinajstić information content (AvgIpc) is 3.21. The number of benzene rings is 3. The quantitative estimate of drug-likeness (QED) is 0.362. The topological polar surface area (TPSA) is 44.1 Å². The molecule has 0 N–H and O–H groups in total. The summed E-state index contributed by atoms with van der Waals surface area (Å²) >= 11 is 0. The standard InChI is InChI=1S/C28H29NO4/c1-30-24-12-11-21(23-16-25(33-28(23)24)19-8-5-4-6-9-19)17-29-13-7-10-20-14-26(31-2)27(32-3)15-22(20)18-29/h4-6,8-9,11-12,14-16H,7,10,13,17-18H2,1-3H3. The molecule has 1 aromatic heterocycles. The van der Waals surface area contributed by atoms with Crippen LogP contribution in [0.15, 0.2) is 65.1 Å². The van der Waals surface area contributed by atoms with Crippen molar-refractivity contribution in [2.45, 2.75) is 25.9 Å². The van der Waals surface area contributed by atoms with Gasteiger partial charge in [0.1, 0.15) is 5.76 Å². The maximum atomic E-state index is 6.27. The Bertz CT molecular complexity index is 1260. The van der Waals surface area contributed by atoms with E-state index in [-0.39, 0.29) is 0 Å². The minimum atomic E-state index is 0.758. The molecule has 2 heterocycles. The summed E-state index contributed by atoms with van der Waals surface area (Å²) in [5.74, 6) is 3.20. The lowest BCUT2D eigenvalue weighted by Crippen LogP contribution is -2.22. The molecule has 0 unspecified atom stereocenters. The third-order valence-electron chi connectivity index (χ3n) is 6.43. The van der Waals surface area contributed by atoms with Gasteiger partial charge in [0.05, 0.1) is 21.3 Å². The first-order valence-electron chi connectivity index (χ1n) is 11.3. The van der Waals surface area contributed by atoms with E-state index in [9.17, 15) is 0 Å². The minimum absolute atomic E-state index is 0.758. The molecular weight excluding hydrogens is 414 g/mol. The molecule has 4 aromatic rings. The van der Waals surface area contributed by atoms with Crippen molar-refractivity contribution in [1.29, 1.82) is 0 Å². The fraction of sp³-hybridized carbons (Fsp3) is 0.286. The molecule has 1 aliphatic heterocycles. The number of hydrogen-bond donors (Lipinski definition) is 0. The zero-order valence-electron chi connectivity index (χ0n) is 19.4. The Morgan fingerprint density at radius 3 is 2.27 bits per heavy atom. The summed E-state index contributed by atoms with van der Waals surface area (Å²) in [7, 11) is 5.07. The van der Waals surface area contributed by atoms with Crippen LogP contribution in [0.4, 0.5) is 0 Å². The van der Waals surface area contributed by atoms with Crippen LogP contribution in [-0.4, -0.2) is 32.8 Å². The molecular formula is C28H29NO4. The van der Waals surface area contributed by atoms with Gasteiger partial charge in [-0.25, -0.2) is 0 Å². The van der Waals surface area contributed by atoms with E-state index in [1.54, 1.807) is 21.3 Å². The molecule has 170 valence electrons. The number of methoxy groups -OCH3 is 3. The fourth-order valence-corrected chi connectivity index (χ4v) is 4.73. The summed E-state index contributed by atoms with van der Waals surface area (Å²) in [6.45, 7) is 2.73. The van der Waals surface area contributed by atoms with E-state index in [4.69, 9.17) is 18.6 Å². The van der Waals surface area contributed by atoms with E-state index < -0.39 is 0 Å². The highest BCUT2D eigenvalue weighted by Gasteiger charge is 2.20. The molecule has 5 rings (SSSR count). The van der Waals surface area contributed by atoms with Gasteiger partial charge in [0, 0.05) is 24.0 Å². The van der Waals surface area contributed by atoms with Crippen molar-refractivity contribution < 1.29 is 18.6 Å². The Kier molecular flexibility index (Phi) is 5.97. The van der Waals surface area contributed by atoms with Crippen molar-refractivity contribution in [3.63, 3.8) is 0 Å². The van der Waals surface area contributed by atoms with Gasteiger partial charge >= 0.3 is 0 Å². The molecule has 33 heavy (non-hydrogen) atoms. The average molecular weight is 444 g/mol. The van der Waals surface area contributed by atoms with Crippen LogP contribution in [0.5, 0.6) is 17.2 Å². The summed E-state index contributed by atoms with van der Waals surface area (Å²) in [5.41, 5.74) is 5.74. The molecule has 0 spiro atoms. The van der Waals surface area contributed by atoms with Crippen LogP contribution in [-0.2, 0) is 19.5 Å². The first kappa shape index (κ1) is 21.4. The maximum Gasteiger partial charge on any atom is 0.176 e. The Balaban J connectivity index is 1.48. The van der Waals surface area contributed by atoms with E-state index >= 15 is 0 Å². The van der Waals surface area contributed by atoms with Crippen LogP contribution in [0.3, 0.4) is 0 Å². The summed E-state index contributed by atoms with van der Waals surface area (Å²) in [5, 5.41) is 1.10. The Hall–Kier alpha value is -3.44. The summed E-state index contributed by atoms with van der Waals surface area (Å²) in [6, 6.07) is 20.8. The van der Waals surface area contributed by atoms with Crippen LogP contribution in [0.2, 0.25) is 0 Å². The molecule has 0 saturated heterocycles. The van der Waals surface area contributed by atoms with Crippen molar-refractivity contribution in [2.24, 2.45) is 0 Å². The van der Waals surface area contributed by atoms with Crippen molar-refractivity contribution in [1.82, 2.24) is 4.90 Å². The second kappa shape index (κ2) is 9.20. The normalized spacial score (nSPS) is 14.0. The highest BCUT2D eigenvalue weighted by atomic mass is 16.5. The number of aryl methyl sites for hydroxylation is 1. The molecule has 5 nitrogen and oxygen atoms in total. The number of rotatable bonds is 6. The largest absolute Gasteiger partial charge is 0.493 e. The smallest absolute Gasteiger partial charge is 0.176 e. The summed E-state index contributed by atoms with van der Waals surface area (Å²) in [6.07, 6.45) is 2.14. The first-order chi connectivity index (χ1) is 16.2. The second-order valence-corrected chi connectivity index (χ2v) is 8.44. The molecule has 0 fully saturated rings. The van der Waals surface area contributed by atoms with Gasteiger partial charge < -0.3 is 18.6 Å². The van der Waals surface area contributed by atoms with E-state index in [2.05, 4.69) is 41.3 Å². The number of nitrogens with zero attached hydrogens (tertiary/aromatic N) is 1. The first-order valence-corrected chi connectivity index (χ1v) is 11.3. The summed E-state index contributed by atoms with van der Waals surface area (Å²) in [4.78, 5) is 2.49. The molecule has 0 bridgehead atoms. The summed E-state index contributed by atoms with van der Waals surface area (Å²) < 4.78 is 22.9. The molecule has 3 aromatic carbocycles. The zero-order chi connectivity index (χ0) is 22.8. The minimum Gasteiger partial charge on any atom is -0.493 e. The van der Waals surface area contributed by atoms with Gasteiger partial charge in [0.15, 0.2) is 22.8 Å². The number of hydrogen-bond acceptors (Lipinski definition) is 5. The van der Waals surface area contributed by atoms with Gasteiger partial charge in [-0.1, -0.05) is 36.4 Å². The van der Waals surface area contributed by atoms with Crippen molar-refractivity contribution in [3.05, 3.63) is 77.4 Å². The van der Waals surface area contributed by atoms with Gasteiger partial charge in [-0.05, 0) is 60.3 Å². The van der Waals surface area contributed by atoms with Gasteiger partial charge in [0.2, 0.25) is 0 Å². The van der Waals surface area contributed by atoms with Crippen LogP contribution < -0.4 is 14.2 Å². The predicted octanol–water partition coefficient (Wildman–Crippen LogP) is 6.07. The van der Waals surface area contributed by atoms with E-state index in [1.807, 2.05) is 24.3 Å². The fourth-order valence-electron chi connectivity index (χ4n) is 4.73. The highest BCUT2D eigenvalue weighted by Crippen LogP contribution is 2.37. The molecule has 1 aliphatic rings. The third kappa shape index (κ3) is 4.16. The Morgan fingerprint density at radius 2 is 1.55 bits per heavy atom. The van der Waals surface area contributed by atoms with Crippen LogP contribution in [0.1, 0.15) is 23.1 Å². The lowest BCUT2D eigenvalue weighted by Gasteiger charge is -2.21. The number of ether oxygens (including phenoxy) is 3. The van der Waals surface area contributed by atoms with Crippen LogP contribution >= 0.6 is 0 Å². The molecule has 0 saturated carbocycles.